The molecule has 4 atom stereocenters. The van der Waals surface area contributed by atoms with Crippen LogP contribution in [0, 0.1) is 11.8 Å². The Balaban J connectivity index is 0.000000725. The van der Waals surface area contributed by atoms with Gasteiger partial charge in [-0.3, -0.25) is 0 Å². The summed E-state index contributed by atoms with van der Waals surface area (Å²) in [5, 5.41) is 26.6. The normalized spacial score (nSPS) is 20.5. The van der Waals surface area contributed by atoms with Gasteiger partial charge >= 0.3 is 0 Å². The molecule has 4 unspecified atom stereocenters. The zero-order valence-corrected chi connectivity index (χ0v) is 26.5. The average molecular weight is 541 g/mol. The molecule has 0 aromatic rings. The Morgan fingerprint density at radius 2 is 0.947 bits per heavy atom. The summed E-state index contributed by atoms with van der Waals surface area (Å²) in [7, 11) is 0. The molecule has 2 bridgehead atoms. The summed E-state index contributed by atoms with van der Waals surface area (Å²) in [6, 6.07) is 0. The van der Waals surface area contributed by atoms with Gasteiger partial charge in [0, 0.05) is 6.61 Å². The maximum Gasteiger partial charge on any atom is 0.0571 e. The fourth-order valence-electron chi connectivity index (χ4n) is 6.08. The van der Waals surface area contributed by atoms with Gasteiger partial charge in [0.05, 0.1) is 12.2 Å². The molecule has 0 spiro atoms. The van der Waals surface area contributed by atoms with E-state index < -0.39 is 0 Å². The van der Waals surface area contributed by atoms with Crippen LogP contribution in [0.2, 0.25) is 0 Å². The van der Waals surface area contributed by atoms with Crippen molar-refractivity contribution >= 4 is 0 Å². The molecule has 0 aromatic heterocycles. The van der Waals surface area contributed by atoms with Gasteiger partial charge in [-0.25, -0.2) is 0 Å². The van der Waals surface area contributed by atoms with Crippen LogP contribution in [0.5, 0.6) is 0 Å². The van der Waals surface area contributed by atoms with E-state index in [4.69, 9.17) is 10.2 Å². The standard InChI is InChI=1S/C22H46O.C7H12O.C6H14O/c1-2-3-4-5-6-7-8-9-10-11-12-13-14-15-16-17-18-19-20-21-22-23;8-7-4-5-1-2-6(7)3-5;1-3-4-5-6(2)7/h23H,2-22H2,1H3;5-8H,1-4H2;6-7H,3-5H2,1-2H3. The number of unbranched alkanes of at least 4 members (excludes halogenated alkanes) is 20. The van der Waals surface area contributed by atoms with E-state index in [1.807, 2.05) is 6.92 Å². The Hall–Kier alpha value is -0.120. The van der Waals surface area contributed by atoms with Crippen molar-refractivity contribution in [1.29, 1.82) is 0 Å². The zero-order valence-electron chi connectivity index (χ0n) is 26.5. The van der Waals surface area contributed by atoms with Crippen molar-refractivity contribution in [3.63, 3.8) is 0 Å². The lowest BCUT2D eigenvalue weighted by Crippen LogP contribution is -2.14. The SMILES string of the molecule is CCCCC(C)O.CCCCCCCCCCCCCCCCCCCCCCO.OC1CC2CCC1C2. The van der Waals surface area contributed by atoms with Gasteiger partial charge in [0.1, 0.15) is 0 Å². The van der Waals surface area contributed by atoms with Gasteiger partial charge in [0.2, 0.25) is 0 Å². The zero-order chi connectivity index (χ0) is 28.1. The largest absolute Gasteiger partial charge is 0.396 e. The molecule has 0 aliphatic heterocycles. The summed E-state index contributed by atoms with van der Waals surface area (Å²) in [6.45, 7) is 6.62. The van der Waals surface area contributed by atoms with Gasteiger partial charge < -0.3 is 15.3 Å². The number of aliphatic hydroxyl groups excluding tert-OH is 3. The fraction of sp³-hybridized carbons (Fsp3) is 1.00. The van der Waals surface area contributed by atoms with Crippen LogP contribution in [0.3, 0.4) is 0 Å². The minimum absolute atomic E-state index is 0.0775. The van der Waals surface area contributed by atoms with Gasteiger partial charge in [0.15, 0.2) is 0 Å². The lowest BCUT2D eigenvalue weighted by Gasteiger charge is -2.14. The number of hydrogen-bond donors (Lipinski definition) is 3. The van der Waals surface area contributed by atoms with Gasteiger partial charge in [-0.1, -0.05) is 149 Å². The highest BCUT2D eigenvalue weighted by Gasteiger charge is 2.38. The lowest BCUT2D eigenvalue weighted by atomic mass is 9.98. The molecule has 2 saturated carbocycles. The number of hydrogen-bond acceptors (Lipinski definition) is 3. The van der Waals surface area contributed by atoms with Crippen LogP contribution in [0.1, 0.15) is 194 Å². The summed E-state index contributed by atoms with van der Waals surface area (Å²) in [6.07, 6.45) is 36.5. The molecule has 2 aliphatic carbocycles. The molecule has 3 N–H and O–H groups in total. The third kappa shape index (κ3) is 26.1. The highest BCUT2D eigenvalue weighted by Crippen LogP contribution is 2.44. The maximum atomic E-state index is 9.22. The molecule has 2 aliphatic rings. The minimum atomic E-state index is -0.0973. The molecule has 38 heavy (non-hydrogen) atoms. The summed E-state index contributed by atoms with van der Waals surface area (Å²) in [5.41, 5.74) is 0. The molecular formula is C35H72O3. The van der Waals surface area contributed by atoms with Crippen LogP contribution in [-0.2, 0) is 0 Å². The molecular weight excluding hydrogens is 468 g/mol. The summed E-state index contributed by atoms with van der Waals surface area (Å²) in [5.74, 6) is 1.59. The van der Waals surface area contributed by atoms with Crippen molar-refractivity contribution in [2.24, 2.45) is 11.8 Å². The lowest BCUT2D eigenvalue weighted by molar-refractivity contribution is 0.113. The summed E-state index contributed by atoms with van der Waals surface area (Å²) < 4.78 is 0. The molecule has 0 aromatic carbocycles. The predicted molar refractivity (Wildman–Crippen MR) is 168 cm³/mol. The molecule has 0 saturated heterocycles. The van der Waals surface area contributed by atoms with Crippen molar-refractivity contribution in [3.05, 3.63) is 0 Å². The predicted octanol–water partition coefficient (Wildman–Crippen LogP) is 10.5. The second kappa shape index (κ2) is 29.9. The van der Waals surface area contributed by atoms with Crippen LogP contribution >= 0.6 is 0 Å². The molecule has 3 nitrogen and oxygen atoms in total. The van der Waals surface area contributed by atoms with E-state index >= 15 is 0 Å². The number of fused-ring (bicyclic) bond motifs is 2. The van der Waals surface area contributed by atoms with E-state index in [0.29, 0.717) is 12.5 Å². The first kappa shape index (κ1) is 37.9. The Bertz CT molecular complexity index is 417. The Morgan fingerprint density at radius 3 is 1.16 bits per heavy atom. The topological polar surface area (TPSA) is 60.7 Å². The van der Waals surface area contributed by atoms with Crippen LogP contribution in [0.15, 0.2) is 0 Å². The monoisotopic (exact) mass is 541 g/mol. The molecule has 2 rings (SSSR count). The Kier molecular flexibility index (Phi) is 29.8. The third-order valence-electron chi connectivity index (χ3n) is 8.69. The van der Waals surface area contributed by atoms with E-state index in [2.05, 4.69) is 13.8 Å². The Morgan fingerprint density at radius 1 is 0.553 bits per heavy atom. The first-order valence-electron chi connectivity index (χ1n) is 17.5. The van der Waals surface area contributed by atoms with E-state index in [1.54, 1.807) is 0 Å². The molecule has 3 heteroatoms. The maximum absolute atomic E-state index is 9.22. The molecule has 0 radical (unpaired) electrons. The molecule has 0 amide bonds. The fourth-order valence-corrected chi connectivity index (χ4v) is 6.08. The first-order chi connectivity index (χ1) is 18.5. The van der Waals surface area contributed by atoms with Crippen molar-refractivity contribution in [2.75, 3.05) is 6.61 Å². The smallest absolute Gasteiger partial charge is 0.0571 e. The van der Waals surface area contributed by atoms with Crippen molar-refractivity contribution in [2.45, 2.75) is 206 Å². The van der Waals surface area contributed by atoms with Crippen LogP contribution in [-0.4, -0.2) is 34.1 Å². The first-order valence-corrected chi connectivity index (χ1v) is 17.5. The molecule has 2 fully saturated rings. The second-order valence-corrected chi connectivity index (χ2v) is 12.7. The van der Waals surface area contributed by atoms with Gasteiger partial charge in [-0.2, -0.15) is 0 Å². The quantitative estimate of drug-likeness (QED) is 0.113. The van der Waals surface area contributed by atoms with E-state index in [9.17, 15) is 5.11 Å². The highest BCUT2D eigenvalue weighted by molar-refractivity contribution is 4.89. The van der Waals surface area contributed by atoms with Crippen LogP contribution in [0.4, 0.5) is 0 Å². The van der Waals surface area contributed by atoms with Crippen LogP contribution < -0.4 is 0 Å². The van der Waals surface area contributed by atoms with Crippen LogP contribution in [0.25, 0.3) is 0 Å². The number of rotatable bonds is 23. The minimum Gasteiger partial charge on any atom is -0.396 e. The Labute approximate surface area is 240 Å². The van der Waals surface area contributed by atoms with Gasteiger partial charge in [0.25, 0.3) is 0 Å². The van der Waals surface area contributed by atoms with Crippen molar-refractivity contribution in [1.82, 2.24) is 0 Å². The van der Waals surface area contributed by atoms with Crippen molar-refractivity contribution in [3.8, 4) is 0 Å². The average Bonchev–Trinajstić information content (AvgIpc) is 3.52. The third-order valence-corrected chi connectivity index (χ3v) is 8.69. The number of aliphatic hydroxyl groups is 3. The molecule has 230 valence electrons. The van der Waals surface area contributed by atoms with Crippen molar-refractivity contribution < 1.29 is 15.3 Å². The van der Waals surface area contributed by atoms with E-state index in [-0.39, 0.29) is 12.2 Å². The summed E-state index contributed by atoms with van der Waals surface area (Å²) in [4.78, 5) is 0. The summed E-state index contributed by atoms with van der Waals surface area (Å²) >= 11 is 0. The second-order valence-electron chi connectivity index (χ2n) is 12.7. The van der Waals surface area contributed by atoms with E-state index in [0.717, 1.165) is 31.6 Å². The van der Waals surface area contributed by atoms with Gasteiger partial charge in [-0.15, -0.1) is 0 Å². The van der Waals surface area contributed by atoms with E-state index in [1.165, 1.54) is 148 Å². The van der Waals surface area contributed by atoms with Gasteiger partial charge in [-0.05, 0) is 57.3 Å². The highest BCUT2D eigenvalue weighted by atomic mass is 16.3. The molecule has 0 heterocycles.